The summed E-state index contributed by atoms with van der Waals surface area (Å²) in [6.07, 6.45) is 2.59. The normalized spacial score (nSPS) is 13.6. The average Bonchev–Trinajstić information content (AvgIpc) is 2.31. The maximum atomic E-state index is 11.9. The molecule has 16 heavy (non-hydrogen) atoms. The zero-order valence-electron chi connectivity index (χ0n) is 9.81. The third kappa shape index (κ3) is 3.32. The van der Waals surface area contributed by atoms with Crippen LogP contribution in [0.1, 0.15) is 37.0 Å². The van der Waals surface area contributed by atoms with E-state index < -0.39 is 15.3 Å². The third-order valence-electron chi connectivity index (χ3n) is 2.65. The molecule has 0 saturated heterocycles. The number of unbranched alkanes of at least 4 members (excludes halogenated alkanes) is 1. The third-order valence-corrected chi connectivity index (χ3v) is 4.48. The van der Waals surface area contributed by atoms with Crippen molar-refractivity contribution >= 4 is 10.0 Å². The molecule has 90 valence electrons. The fourth-order valence-corrected chi connectivity index (χ4v) is 2.98. The molecule has 0 radical (unpaired) electrons. The second-order valence-corrected chi connectivity index (χ2v) is 5.86. The van der Waals surface area contributed by atoms with Crippen molar-refractivity contribution < 1.29 is 8.42 Å². The minimum atomic E-state index is -3.24. The first-order valence-electron chi connectivity index (χ1n) is 5.59. The van der Waals surface area contributed by atoms with Gasteiger partial charge in [0.1, 0.15) is 5.25 Å². The molecule has 0 aliphatic heterocycles. The van der Waals surface area contributed by atoms with Gasteiger partial charge in [0.05, 0.1) is 0 Å². The van der Waals surface area contributed by atoms with Gasteiger partial charge in [0.15, 0.2) is 0 Å². The van der Waals surface area contributed by atoms with Crippen molar-refractivity contribution in [3.63, 3.8) is 0 Å². The first kappa shape index (κ1) is 13.2. The van der Waals surface area contributed by atoms with Crippen LogP contribution in [0.5, 0.6) is 0 Å². The summed E-state index contributed by atoms with van der Waals surface area (Å²) in [5.41, 5.74) is 0.866. The van der Waals surface area contributed by atoms with Crippen molar-refractivity contribution in [3.8, 4) is 0 Å². The van der Waals surface area contributed by atoms with Gasteiger partial charge in [-0.25, -0.2) is 13.1 Å². The second-order valence-electron chi connectivity index (χ2n) is 3.79. The Balaban J connectivity index is 2.97. The van der Waals surface area contributed by atoms with Crippen molar-refractivity contribution in [3.05, 3.63) is 35.9 Å². The molecule has 3 nitrogen and oxygen atoms in total. The highest BCUT2D eigenvalue weighted by Gasteiger charge is 2.24. The first-order chi connectivity index (χ1) is 7.61. The van der Waals surface area contributed by atoms with Crippen LogP contribution in [0.2, 0.25) is 0 Å². The van der Waals surface area contributed by atoms with Crippen molar-refractivity contribution in [2.45, 2.75) is 31.4 Å². The lowest BCUT2D eigenvalue weighted by molar-refractivity contribution is 0.560. The summed E-state index contributed by atoms with van der Waals surface area (Å²) in [7, 11) is -1.77. The zero-order valence-corrected chi connectivity index (χ0v) is 10.6. The van der Waals surface area contributed by atoms with Gasteiger partial charge in [0, 0.05) is 0 Å². The summed E-state index contributed by atoms with van der Waals surface area (Å²) in [6.45, 7) is 2.06. The topological polar surface area (TPSA) is 46.2 Å². The van der Waals surface area contributed by atoms with Crippen LogP contribution >= 0.6 is 0 Å². The highest BCUT2D eigenvalue weighted by molar-refractivity contribution is 7.89. The van der Waals surface area contributed by atoms with E-state index in [0.717, 1.165) is 18.4 Å². The summed E-state index contributed by atoms with van der Waals surface area (Å²) in [4.78, 5) is 0. The molecule has 4 heteroatoms. The molecule has 0 aromatic heterocycles. The molecule has 1 aromatic carbocycles. The van der Waals surface area contributed by atoms with E-state index in [4.69, 9.17) is 0 Å². The second kappa shape index (κ2) is 6.01. The Morgan fingerprint density at radius 3 is 2.38 bits per heavy atom. The molecule has 0 heterocycles. The largest absolute Gasteiger partial charge is 0.218 e. The van der Waals surface area contributed by atoms with E-state index in [-0.39, 0.29) is 0 Å². The fourth-order valence-electron chi connectivity index (χ4n) is 1.70. The summed E-state index contributed by atoms with van der Waals surface area (Å²) < 4.78 is 26.2. The van der Waals surface area contributed by atoms with Gasteiger partial charge in [-0.3, -0.25) is 0 Å². The summed E-state index contributed by atoms with van der Waals surface area (Å²) in [6, 6.07) is 9.38. The van der Waals surface area contributed by atoms with Crippen LogP contribution in [0.4, 0.5) is 0 Å². The van der Waals surface area contributed by atoms with Gasteiger partial charge in [0.25, 0.3) is 0 Å². The Bertz CT molecular complexity index is 400. The molecule has 1 atom stereocenters. The van der Waals surface area contributed by atoms with Crippen LogP contribution in [0.15, 0.2) is 30.3 Å². The van der Waals surface area contributed by atoms with E-state index in [0.29, 0.717) is 6.42 Å². The van der Waals surface area contributed by atoms with Gasteiger partial charge >= 0.3 is 0 Å². The molecule has 0 spiro atoms. The average molecular weight is 241 g/mol. The standard InChI is InChI=1S/C12H19NO2S/c1-3-4-10-12(16(14,15)13-2)11-8-6-5-7-9-11/h5-9,12-13H,3-4,10H2,1-2H3. The van der Waals surface area contributed by atoms with Gasteiger partial charge in [-0.2, -0.15) is 0 Å². The lowest BCUT2D eigenvalue weighted by Crippen LogP contribution is -2.25. The van der Waals surface area contributed by atoms with E-state index in [2.05, 4.69) is 11.6 Å². The van der Waals surface area contributed by atoms with E-state index in [1.165, 1.54) is 7.05 Å². The summed E-state index contributed by atoms with van der Waals surface area (Å²) >= 11 is 0. The highest BCUT2D eigenvalue weighted by atomic mass is 32.2. The quantitative estimate of drug-likeness (QED) is 0.831. The molecule has 0 saturated carbocycles. The number of hydrogen-bond donors (Lipinski definition) is 1. The van der Waals surface area contributed by atoms with Crippen LogP contribution in [0, 0.1) is 0 Å². The molecule has 1 unspecified atom stereocenters. The van der Waals surface area contributed by atoms with Crippen LogP contribution in [-0.4, -0.2) is 15.5 Å². The minimum Gasteiger partial charge on any atom is -0.218 e. The molecule has 0 amide bonds. The van der Waals surface area contributed by atoms with Gasteiger partial charge in [0.2, 0.25) is 10.0 Å². The number of sulfonamides is 1. The van der Waals surface area contributed by atoms with Crippen LogP contribution < -0.4 is 4.72 Å². The summed E-state index contributed by atoms with van der Waals surface area (Å²) in [5.74, 6) is 0. The highest BCUT2D eigenvalue weighted by Crippen LogP contribution is 2.26. The minimum absolute atomic E-state index is 0.432. The van der Waals surface area contributed by atoms with Crippen molar-refractivity contribution in [2.75, 3.05) is 7.05 Å². The smallest absolute Gasteiger partial charge is 0.218 e. The predicted molar refractivity (Wildman–Crippen MR) is 66.7 cm³/mol. The van der Waals surface area contributed by atoms with Crippen LogP contribution in [0.3, 0.4) is 0 Å². The Morgan fingerprint density at radius 1 is 1.25 bits per heavy atom. The Kier molecular flexibility index (Phi) is 4.96. The number of nitrogens with one attached hydrogen (secondary N) is 1. The fraction of sp³-hybridized carbons (Fsp3) is 0.500. The summed E-state index contributed by atoms with van der Waals surface area (Å²) in [5, 5.41) is -0.432. The zero-order chi connectivity index (χ0) is 12.0. The van der Waals surface area contributed by atoms with E-state index in [1.807, 2.05) is 30.3 Å². The van der Waals surface area contributed by atoms with Gasteiger partial charge in [-0.15, -0.1) is 0 Å². The SMILES string of the molecule is CCCCC(c1ccccc1)S(=O)(=O)NC. The molecule has 1 aromatic rings. The van der Waals surface area contributed by atoms with Gasteiger partial charge in [-0.1, -0.05) is 50.1 Å². The Labute approximate surface area is 97.9 Å². The van der Waals surface area contributed by atoms with Crippen molar-refractivity contribution in [1.82, 2.24) is 4.72 Å². The number of benzene rings is 1. The van der Waals surface area contributed by atoms with Crippen molar-refractivity contribution in [1.29, 1.82) is 0 Å². The Hall–Kier alpha value is -0.870. The molecule has 0 bridgehead atoms. The molecule has 0 aliphatic carbocycles. The monoisotopic (exact) mass is 241 g/mol. The molecular weight excluding hydrogens is 222 g/mol. The van der Waals surface area contributed by atoms with Gasteiger partial charge in [-0.05, 0) is 19.0 Å². The first-order valence-corrected chi connectivity index (χ1v) is 7.13. The lowest BCUT2D eigenvalue weighted by Gasteiger charge is -2.16. The van der Waals surface area contributed by atoms with Gasteiger partial charge < -0.3 is 0 Å². The molecule has 0 fully saturated rings. The Morgan fingerprint density at radius 2 is 1.88 bits per heavy atom. The number of hydrogen-bond acceptors (Lipinski definition) is 2. The van der Waals surface area contributed by atoms with Crippen LogP contribution in [0.25, 0.3) is 0 Å². The van der Waals surface area contributed by atoms with Crippen molar-refractivity contribution in [2.24, 2.45) is 0 Å². The molecule has 1 N–H and O–H groups in total. The molecular formula is C12H19NO2S. The predicted octanol–water partition coefficient (Wildman–Crippen LogP) is 2.47. The molecule has 0 aliphatic rings. The maximum Gasteiger partial charge on any atom is 0.218 e. The van der Waals surface area contributed by atoms with Crippen LogP contribution in [-0.2, 0) is 10.0 Å². The van der Waals surface area contributed by atoms with E-state index >= 15 is 0 Å². The maximum absolute atomic E-state index is 11.9. The van der Waals surface area contributed by atoms with E-state index in [1.54, 1.807) is 0 Å². The molecule has 1 rings (SSSR count). The number of rotatable bonds is 6. The van der Waals surface area contributed by atoms with E-state index in [9.17, 15) is 8.42 Å². The lowest BCUT2D eigenvalue weighted by atomic mass is 10.1.